The number of ether oxygens (including phenoxy) is 1. The molecule has 1 aromatic heterocycles. The fourth-order valence-corrected chi connectivity index (χ4v) is 2.68. The zero-order valence-corrected chi connectivity index (χ0v) is 13.7. The quantitative estimate of drug-likeness (QED) is 0.280. The second-order valence-corrected chi connectivity index (χ2v) is 6.81. The molecule has 0 aromatic carbocycles. The lowest BCUT2D eigenvalue weighted by Crippen LogP contribution is -2.38. The molecule has 1 fully saturated rings. The number of halogens is 1. The van der Waals surface area contributed by atoms with E-state index in [9.17, 15) is 29.3 Å². The van der Waals surface area contributed by atoms with Crippen LogP contribution in [0.3, 0.4) is 0 Å². The second-order valence-electron chi connectivity index (χ2n) is 4.45. The maximum atomic E-state index is 11.7. The van der Waals surface area contributed by atoms with E-state index < -0.39 is 50.2 Å². The van der Waals surface area contributed by atoms with Crippen molar-refractivity contribution in [2.24, 2.45) is 0 Å². The van der Waals surface area contributed by atoms with Gasteiger partial charge in [-0.05, 0) is 22.6 Å². The highest BCUT2D eigenvalue weighted by Gasteiger charge is 2.44. The summed E-state index contributed by atoms with van der Waals surface area (Å²) in [7, 11) is -5.02. The summed E-state index contributed by atoms with van der Waals surface area (Å²) in [5.41, 5.74) is -1.50. The van der Waals surface area contributed by atoms with Crippen molar-refractivity contribution in [3.63, 3.8) is 0 Å². The van der Waals surface area contributed by atoms with Gasteiger partial charge in [-0.3, -0.25) is 18.9 Å². The number of aromatic nitrogens is 2. The summed E-state index contributed by atoms with van der Waals surface area (Å²) in [6.45, 7) is -0.749. The monoisotopic (exact) mass is 449 g/mol. The van der Waals surface area contributed by atoms with Gasteiger partial charge in [-0.25, -0.2) is 4.79 Å². The van der Waals surface area contributed by atoms with Crippen LogP contribution in [0.5, 0.6) is 0 Å². The number of rotatable bonds is 4. The predicted molar refractivity (Wildman–Crippen MR) is 75.7 cm³/mol. The molecule has 5 atom stereocenters. The Balaban J connectivity index is 2.23. The summed E-state index contributed by atoms with van der Waals surface area (Å²) >= 11 is 1.66. The Morgan fingerprint density at radius 3 is 2.68 bits per heavy atom. The summed E-state index contributed by atoms with van der Waals surface area (Å²) in [5, 5.41) is 19.7. The average Bonchev–Trinajstić information content (AvgIpc) is 2.68. The molecule has 1 aromatic rings. The van der Waals surface area contributed by atoms with Crippen LogP contribution in [0.2, 0.25) is 0 Å². The summed E-state index contributed by atoms with van der Waals surface area (Å²) < 4.78 is 20.8. The summed E-state index contributed by atoms with van der Waals surface area (Å²) in [5.74, 6) is 0. The van der Waals surface area contributed by atoms with Crippen molar-refractivity contribution in [1.29, 1.82) is 0 Å². The number of hydrogen-bond donors (Lipinski definition) is 4. The molecule has 0 radical (unpaired) electrons. The number of phosphoric acid groups is 1. The molecule has 1 saturated heterocycles. The van der Waals surface area contributed by atoms with E-state index in [1.807, 2.05) is 4.98 Å². The Hall–Kier alpha value is -0.600. The predicted octanol–water partition coefficient (Wildman–Crippen LogP) is -2.76. The van der Waals surface area contributed by atoms with E-state index in [1.165, 1.54) is 0 Å². The maximum Gasteiger partial charge on any atom is 0.330 e. The molecule has 0 saturated carbocycles. The van der Waals surface area contributed by atoms with Crippen molar-refractivity contribution in [3.05, 3.63) is 30.6 Å². The highest BCUT2D eigenvalue weighted by atomic mass is 127. The highest BCUT2D eigenvalue weighted by Crippen LogP contribution is 2.34. The van der Waals surface area contributed by atoms with Crippen molar-refractivity contribution < 1.29 is 33.8 Å². The smallest absolute Gasteiger partial charge is 0.330 e. The van der Waals surface area contributed by atoms with Gasteiger partial charge in [0.2, 0.25) is 0 Å². The van der Waals surface area contributed by atoms with Crippen molar-refractivity contribution >= 4 is 30.4 Å². The van der Waals surface area contributed by atoms with Gasteiger partial charge in [0.25, 0.3) is 13.4 Å². The van der Waals surface area contributed by atoms with Gasteiger partial charge in [-0.15, -0.1) is 0 Å². The van der Waals surface area contributed by atoms with E-state index in [-0.39, 0.29) is 3.57 Å². The van der Waals surface area contributed by atoms with E-state index >= 15 is 0 Å². The summed E-state index contributed by atoms with van der Waals surface area (Å²) in [6, 6.07) is 0. The molecular formula is C9H11IN2O9P-. The van der Waals surface area contributed by atoms with Crippen LogP contribution in [0.4, 0.5) is 0 Å². The van der Waals surface area contributed by atoms with E-state index in [0.29, 0.717) is 0 Å². The van der Waals surface area contributed by atoms with Crippen LogP contribution >= 0.6 is 30.4 Å². The average molecular weight is 449 g/mol. The maximum absolute atomic E-state index is 11.7. The van der Waals surface area contributed by atoms with Gasteiger partial charge in [0.15, 0.2) is 6.23 Å². The van der Waals surface area contributed by atoms with E-state index in [2.05, 4.69) is 4.52 Å². The number of aromatic amines is 1. The van der Waals surface area contributed by atoms with Crippen molar-refractivity contribution in [2.45, 2.75) is 24.5 Å². The molecule has 4 N–H and O–H groups in total. The van der Waals surface area contributed by atoms with Gasteiger partial charge >= 0.3 is 5.69 Å². The Morgan fingerprint density at radius 1 is 1.45 bits per heavy atom. The van der Waals surface area contributed by atoms with Gasteiger partial charge in [-0.1, -0.05) is 0 Å². The third kappa shape index (κ3) is 3.83. The first-order chi connectivity index (χ1) is 10.1. The number of H-pyrrole nitrogens is 1. The topological polar surface area (TPSA) is 174 Å². The van der Waals surface area contributed by atoms with E-state index in [1.54, 1.807) is 22.6 Å². The van der Waals surface area contributed by atoms with Gasteiger partial charge in [-0.2, -0.15) is 0 Å². The standard InChI is InChI=1S/C9H12IN2O9P/c10-3-1-12(9(16)11-7(3)15)8-6(14)5(13)4(21-8)2-20-22(17,18)19/h1,4-6,8,13-14H,2H2,(H,11,15,16)(H2,17,18,19)/p-1/t4-,5?,6?,8-/m1/s1. The summed E-state index contributed by atoms with van der Waals surface area (Å²) in [4.78, 5) is 44.0. The third-order valence-electron chi connectivity index (χ3n) is 2.94. The second kappa shape index (κ2) is 6.49. The molecule has 3 unspecified atom stereocenters. The number of phosphoric ester groups is 1. The molecule has 11 nitrogen and oxygen atoms in total. The number of nitrogens with one attached hydrogen (secondary N) is 1. The highest BCUT2D eigenvalue weighted by molar-refractivity contribution is 14.1. The molecule has 0 spiro atoms. The molecule has 0 bridgehead atoms. The van der Waals surface area contributed by atoms with Gasteiger partial charge in [0.1, 0.15) is 18.3 Å². The van der Waals surface area contributed by atoms with Crippen LogP contribution < -0.4 is 16.1 Å². The minimum absolute atomic E-state index is 0.140. The van der Waals surface area contributed by atoms with Gasteiger partial charge < -0.3 is 29.3 Å². The Bertz CT molecular complexity index is 712. The normalized spacial score (nSPS) is 31.1. The van der Waals surface area contributed by atoms with Crippen molar-refractivity contribution in [1.82, 2.24) is 9.55 Å². The zero-order chi connectivity index (χ0) is 16.7. The Labute approximate surface area is 135 Å². The molecule has 1 aliphatic heterocycles. The molecule has 2 heterocycles. The third-order valence-corrected chi connectivity index (χ3v) is 4.18. The van der Waals surface area contributed by atoms with Crippen LogP contribution in [-0.2, 0) is 13.8 Å². The molecular weight excluding hydrogens is 438 g/mol. The first kappa shape index (κ1) is 17.7. The van der Waals surface area contributed by atoms with Crippen LogP contribution in [0.25, 0.3) is 0 Å². The first-order valence-electron chi connectivity index (χ1n) is 5.81. The van der Waals surface area contributed by atoms with Gasteiger partial charge in [0.05, 0.1) is 10.2 Å². The number of hydrogen-bond acceptors (Lipinski definition) is 8. The fourth-order valence-electron chi connectivity index (χ4n) is 1.91. The number of nitrogens with zero attached hydrogens (tertiary/aromatic N) is 1. The first-order valence-corrected chi connectivity index (χ1v) is 8.38. The lowest BCUT2D eigenvalue weighted by Gasteiger charge is -2.20. The van der Waals surface area contributed by atoms with Crippen LogP contribution in [0.15, 0.2) is 15.8 Å². The van der Waals surface area contributed by atoms with E-state index in [4.69, 9.17) is 9.63 Å². The molecule has 0 aliphatic carbocycles. The molecule has 0 amide bonds. The molecule has 2 rings (SSSR count). The molecule has 22 heavy (non-hydrogen) atoms. The van der Waals surface area contributed by atoms with Gasteiger partial charge in [0, 0.05) is 6.20 Å². The van der Waals surface area contributed by atoms with Crippen molar-refractivity contribution in [2.75, 3.05) is 6.61 Å². The van der Waals surface area contributed by atoms with Crippen molar-refractivity contribution in [3.8, 4) is 0 Å². The number of aliphatic hydroxyl groups excluding tert-OH is 2. The fraction of sp³-hybridized carbons (Fsp3) is 0.556. The Kier molecular flexibility index (Phi) is 5.23. The Morgan fingerprint density at radius 2 is 2.09 bits per heavy atom. The van der Waals surface area contributed by atoms with E-state index in [0.717, 1.165) is 10.8 Å². The SMILES string of the molecule is O=c1[nH]c(=O)n([C@@H]2O[C@H](COP(=O)([O-])O)C(O)C2O)cc1I. The lowest BCUT2D eigenvalue weighted by atomic mass is 10.1. The zero-order valence-electron chi connectivity index (χ0n) is 10.7. The summed E-state index contributed by atoms with van der Waals surface area (Å²) in [6.07, 6.45) is -4.67. The largest absolute Gasteiger partial charge is 0.756 e. The molecule has 1 aliphatic rings. The molecule has 124 valence electrons. The molecule has 13 heteroatoms. The van der Waals surface area contributed by atoms with Crippen LogP contribution in [-0.4, -0.2) is 49.6 Å². The number of aliphatic hydroxyl groups is 2. The van der Waals surface area contributed by atoms with Crippen LogP contribution in [0.1, 0.15) is 6.23 Å². The lowest BCUT2D eigenvalue weighted by molar-refractivity contribution is -0.222. The van der Waals surface area contributed by atoms with Crippen LogP contribution in [0, 0.1) is 3.57 Å². The minimum atomic E-state index is -5.02. The minimum Gasteiger partial charge on any atom is -0.756 e.